The van der Waals surface area contributed by atoms with Crippen LogP contribution in [0.1, 0.15) is 16.8 Å². The standard InChI is InChI=1S/C19H11F9N2O2S/c20-17(21,22)15-6-3-11(9-30-15)14-8-16(18(23,24)25,19(26,27)28)7-13(14)10-1-4-12(5-2-10)33(29,31)32/h1-9H,(H2,29,31,32). The SMILES string of the molecule is NS(=O)(=O)c1ccc(C2=CC(C(F)(F)F)(C(F)(F)F)C=C2c2ccc(C(F)(F)F)nc2)cc1. The number of alkyl halides is 9. The van der Waals surface area contributed by atoms with Crippen LogP contribution in [0, 0.1) is 5.41 Å². The topological polar surface area (TPSA) is 73.1 Å². The zero-order chi connectivity index (χ0) is 25.0. The molecule has 2 aromatic rings. The van der Waals surface area contributed by atoms with E-state index in [1.165, 1.54) is 0 Å². The fourth-order valence-electron chi connectivity index (χ4n) is 3.16. The Bertz CT molecular complexity index is 1210. The summed E-state index contributed by atoms with van der Waals surface area (Å²) in [6, 6.07) is 4.71. The smallest absolute Gasteiger partial charge is 0.251 e. The van der Waals surface area contributed by atoms with Crippen LogP contribution in [-0.4, -0.2) is 25.8 Å². The second-order valence-corrected chi connectivity index (χ2v) is 8.54. The van der Waals surface area contributed by atoms with Crippen molar-refractivity contribution in [3.05, 3.63) is 71.6 Å². The summed E-state index contributed by atoms with van der Waals surface area (Å²) in [7, 11) is -4.21. The molecule has 0 unspecified atom stereocenters. The average Bonchev–Trinajstić information content (AvgIpc) is 3.09. The van der Waals surface area contributed by atoms with Crippen molar-refractivity contribution in [3.8, 4) is 0 Å². The van der Waals surface area contributed by atoms with Crippen LogP contribution >= 0.6 is 0 Å². The predicted octanol–water partition coefficient (Wildman–Crippen LogP) is 5.34. The van der Waals surface area contributed by atoms with Crippen molar-refractivity contribution in [1.82, 2.24) is 4.98 Å². The van der Waals surface area contributed by atoms with E-state index >= 15 is 0 Å². The maximum Gasteiger partial charge on any atom is 0.433 e. The Balaban J connectivity index is 2.25. The number of nitrogens with zero attached hydrogens (tertiary/aromatic N) is 1. The van der Waals surface area contributed by atoms with Gasteiger partial charge in [-0.05, 0) is 47.1 Å². The van der Waals surface area contributed by atoms with Gasteiger partial charge in [0, 0.05) is 11.8 Å². The summed E-state index contributed by atoms with van der Waals surface area (Å²) in [5.41, 5.74) is -7.86. The van der Waals surface area contributed by atoms with Crippen molar-refractivity contribution in [2.75, 3.05) is 0 Å². The fourth-order valence-corrected chi connectivity index (χ4v) is 3.68. The molecule has 0 bridgehead atoms. The van der Waals surface area contributed by atoms with E-state index in [0.717, 1.165) is 24.3 Å². The van der Waals surface area contributed by atoms with Gasteiger partial charge in [-0.25, -0.2) is 13.6 Å². The molecular weight excluding hydrogens is 491 g/mol. The summed E-state index contributed by atoms with van der Waals surface area (Å²) < 4.78 is 143. The fraction of sp³-hybridized carbons (Fsp3) is 0.211. The zero-order valence-electron chi connectivity index (χ0n) is 15.8. The molecule has 0 spiro atoms. The highest BCUT2D eigenvalue weighted by molar-refractivity contribution is 7.89. The van der Waals surface area contributed by atoms with Gasteiger partial charge in [-0.15, -0.1) is 0 Å². The highest BCUT2D eigenvalue weighted by Gasteiger charge is 2.70. The van der Waals surface area contributed by atoms with Gasteiger partial charge in [-0.3, -0.25) is 4.98 Å². The molecule has 0 amide bonds. The van der Waals surface area contributed by atoms with Crippen molar-refractivity contribution < 1.29 is 47.9 Å². The van der Waals surface area contributed by atoms with Crippen molar-refractivity contribution in [2.45, 2.75) is 23.4 Å². The molecule has 4 nitrogen and oxygen atoms in total. The molecule has 0 atom stereocenters. The molecule has 33 heavy (non-hydrogen) atoms. The maximum absolute atomic E-state index is 13.7. The molecule has 14 heteroatoms. The molecular formula is C19H11F9N2O2S. The van der Waals surface area contributed by atoms with Crippen molar-refractivity contribution in [3.63, 3.8) is 0 Å². The van der Waals surface area contributed by atoms with E-state index in [0.29, 0.717) is 18.3 Å². The summed E-state index contributed by atoms with van der Waals surface area (Å²) in [5, 5.41) is 4.93. The molecule has 0 fully saturated rings. The van der Waals surface area contributed by atoms with Crippen LogP contribution in [0.2, 0.25) is 0 Å². The minimum absolute atomic E-state index is 0.105. The second kappa shape index (κ2) is 7.58. The summed E-state index contributed by atoms with van der Waals surface area (Å²) in [6.45, 7) is 0. The molecule has 0 saturated heterocycles. The van der Waals surface area contributed by atoms with Crippen LogP contribution in [0.5, 0.6) is 0 Å². The van der Waals surface area contributed by atoms with Gasteiger partial charge in [0.2, 0.25) is 10.0 Å². The van der Waals surface area contributed by atoms with Gasteiger partial charge in [0.1, 0.15) is 5.69 Å². The van der Waals surface area contributed by atoms with E-state index in [9.17, 15) is 47.9 Å². The van der Waals surface area contributed by atoms with Crippen molar-refractivity contribution in [2.24, 2.45) is 10.6 Å². The van der Waals surface area contributed by atoms with Crippen molar-refractivity contribution in [1.29, 1.82) is 0 Å². The lowest BCUT2D eigenvalue weighted by atomic mass is 9.87. The minimum Gasteiger partial charge on any atom is -0.251 e. The third-order valence-corrected chi connectivity index (χ3v) is 5.76. The van der Waals surface area contributed by atoms with Crippen LogP contribution in [0.15, 0.2) is 59.6 Å². The van der Waals surface area contributed by atoms with Gasteiger partial charge in [-0.1, -0.05) is 18.2 Å². The Morgan fingerprint density at radius 3 is 1.55 bits per heavy atom. The molecule has 1 aliphatic rings. The van der Waals surface area contributed by atoms with Gasteiger partial charge in [0.05, 0.1) is 4.90 Å². The molecule has 0 aliphatic heterocycles. The first-order valence-electron chi connectivity index (χ1n) is 8.63. The number of benzene rings is 1. The van der Waals surface area contributed by atoms with E-state index in [2.05, 4.69) is 4.98 Å². The number of hydrogen-bond donors (Lipinski definition) is 1. The van der Waals surface area contributed by atoms with E-state index in [1.807, 2.05) is 0 Å². The lowest BCUT2D eigenvalue weighted by Gasteiger charge is -2.30. The summed E-state index contributed by atoms with van der Waals surface area (Å²) in [6.07, 6.45) is -16.3. The van der Waals surface area contributed by atoms with E-state index in [-0.39, 0.29) is 17.7 Å². The van der Waals surface area contributed by atoms with Crippen LogP contribution in [0.4, 0.5) is 39.5 Å². The minimum atomic E-state index is -5.85. The number of primary sulfonamides is 1. The number of pyridine rings is 1. The highest BCUT2D eigenvalue weighted by atomic mass is 32.2. The Morgan fingerprint density at radius 2 is 1.18 bits per heavy atom. The number of allylic oxidation sites excluding steroid dienone is 4. The predicted molar refractivity (Wildman–Crippen MR) is 97.6 cm³/mol. The molecule has 1 aromatic carbocycles. The number of aromatic nitrogens is 1. The van der Waals surface area contributed by atoms with Crippen molar-refractivity contribution >= 4 is 21.2 Å². The summed E-state index contributed by atoms with van der Waals surface area (Å²) in [4.78, 5) is 2.64. The number of halogens is 9. The van der Waals surface area contributed by atoms with Crippen LogP contribution in [-0.2, 0) is 16.2 Å². The summed E-state index contributed by atoms with van der Waals surface area (Å²) in [5.74, 6) is 0. The maximum atomic E-state index is 13.7. The molecule has 0 saturated carbocycles. The monoisotopic (exact) mass is 502 g/mol. The number of hydrogen-bond acceptors (Lipinski definition) is 3. The third kappa shape index (κ3) is 4.49. The number of sulfonamides is 1. The van der Waals surface area contributed by atoms with Gasteiger partial charge in [0.25, 0.3) is 0 Å². The van der Waals surface area contributed by atoms with Gasteiger partial charge in [-0.2, -0.15) is 39.5 Å². The first-order chi connectivity index (χ1) is 14.9. The molecule has 3 rings (SSSR count). The van der Waals surface area contributed by atoms with Crippen LogP contribution in [0.3, 0.4) is 0 Å². The zero-order valence-corrected chi connectivity index (χ0v) is 16.7. The molecule has 1 aromatic heterocycles. The Hall–Kier alpha value is -2.87. The molecule has 0 radical (unpaired) electrons. The van der Waals surface area contributed by atoms with E-state index in [1.54, 1.807) is 0 Å². The molecule has 178 valence electrons. The Labute approximate surface area is 180 Å². The highest BCUT2D eigenvalue weighted by Crippen LogP contribution is 2.59. The lowest BCUT2D eigenvalue weighted by molar-refractivity contribution is -0.301. The van der Waals surface area contributed by atoms with E-state index < -0.39 is 61.3 Å². The quantitative estimate of drug-likeness (QED) is 0.576. The van der Waals surface area contributed by atoms with Gasteiger partial charge < -0.3 is 0 Å². The molecule has 2 N–H and O–H groups in total. The largest absolute Gasteiger partial charge is 0.433 e. The lowest BCUT2D eigenvalue weighted by Crippen LogP contribution is -2.46. The second-order valence-electron chi connectivity index (χ2n) is 6.98. The normalized spacial score (nSPS) is 17.0. The summed E-state index contributed by atoms with van der Waals surface area (Å²) >= 11 is 0. The number of nitrogens with two attached hydrogens (primary N) is 1. The molecule has 1 heterocycles. The first-order valence-corrected chi connectivity index (χ1v) is 10.2. The average molecular weight is 502 g/mol. The van der Waals surface area contributed by atoms with E-state index in [4.69, 9.17) is 5.14 Å². The first kappa shape index (κ1) is 24.8. The van der Waals surface area contributed by atoms with Gasteiger partial charge >= 0.3 is 18.5 Å². The van der Waals surface area contributed by atoms with Gasteiger partial charge in [0.15, 0.2) is 5.41 Å². The Morgan fingerprint density at radius 1 is 0.727 bits per heavy atom. The third-order valence-electron chi connectivity index (χ3n) is 4.83. The Kier molecular flexibility index (Phi) is 5.69. The van der Waals surface area contributed by atoms with Crippen LogP contribution in [0.25, 0.3) is 11.1 Å². The molecule has 1 aliphatic carbocycles. The number of rotatable bonds is 3. The van der Waals surface area contributed by atoms with Crippen LogP contribution < -0.4 is 5.14 Å².